The van der Waals surface area contributed by atoms with Crippen LogP contribution in [0.3, 0.4) is 0 Å². The fourth-order valence-electron chi connectivity index (χ4n) is 3.34. The Labute approximate surface area is 200 Å². The summed E-state index contributed by atoms with van der Waals surface area (Å²) in [6, 6.07) is 22.1. The van der Waals surface area contributed by atoms with Gasteiger partial charge < -0.3 is 4.42 Å². The largest absolute Gasteiger partial charge is 0.463 e. The molecular formula is C25H16BrN3O3S. The normalized spacial score (nSPS) is 11.4. The molecule has 0 radical (unpaired) electrons. The van der Waals surface area contributed by atoms with Gasteiger partial charge >= 0.3 is 0 Å². The lowest BCUT2D eigenvalue weighted by atomic mass is 10.1. The number of hydrogen-bond acceptors (Lipinski definition) is 6. The van der Waals surface area contributed by atoms with Crippen LogP contribution in [0.5, 0.6) is 0 Å². The number of anilines is 1. The van der Waals surface area contributed by atoms with Crippen LogP contribution in [-0.4, -0.2) is 17.1 Å². The van der Waals surface area contributed by atoms with E-state index in [1.807, 2.05) is 48.5 Å². The van der Waals surface area contributed by atoms with Crippen LogP contribution in [0, 0.1) is 0 Å². The quantitative estimate of drug-likeness (QED) is 0.219. The van der Waals surface area contributed by atoms with Gasteiger partial charge in [-0.3, -0.25) is 9.59 Å². The number of benzene rings is 3. The number of amides is 1. The van der Waals surface area contributed by atoms with E-state index in [0.29, 0.717) is 16.1 Å². The first-order chi connectivity index (χ1) is 16.1. The number of fused-ring (bicyclic) bond motifs is 2. The van der Waals surface area contributed by atoms with Crippen LogP contribution in [0.25, 0.3) is 21.2 Å². The summed E-state index contributed by atoms with van der Waals surface area (Å²) in [7, 11) is 0. The van der Waals surface area contributed by atoms with E-state index in [1.54, 1.807) is 24.3 Å². The van der Waals surface area contributed by atoms with E-state index in [4.69, 9.17) is 4.42 Å². The highest BCUT2D eigenvalue weighted by atomic mass is 79.9. The molecule has 2 heterocycles. The molecule has 0 spiro atoms. The number of nitrogens with zero attached hydrogens (tertiary/aromatic N) is 3. The lowest BCUT2D eigenvalue weighted by Gasteiger charge is -2.13. The Kier molecular flexibility index (Phi) is 5.85. The Balaban J connectivity index is 1.55. The van der Waals surface area contributed by atoms with Gasteiger partial charge in [0.1, 0.15) is 11.8 Å². The number of carbonyl (C=O) groups is 1. The molecule has 0 unspecified atom stereocenters. The van der Waals surface area contributed by atoms with Gasteiger partial charge in [-0.15, -0.1) is 0 Å². The molecule has 2 aromatic heterocycles. The monoisotopic (exact) mass is 517 g/mol. The van der Waals surface area contributed by atoms with Crippen molar-refractivity contribution in [3.05, 3.63) is 105 Å². The van der Waals surface area contributed by atoms with Gasteiger partial charge in [0.25, 0.3) is 5.91 Å². The van der Waals surface area contributed by atoms with Gasteiger partial charge in [-0.25, -0.2) is 4.98 Å². The maximum atomic E-state index is 13.2. The number of carbonyl (C=O) groups excluding carboxylic acids is 1. The van der Waals surface area contributed by atoms with Crippen molar-refractivity contribution in [2.75, 3.05) is 5.01 Å². The van der Waals surface area contributed by atoms with Crippen molar-refractivity contribution >= 4 is 65.7 Å². The lowest BCUT2D eigenvalue weighted by Crippen LogP contribution is -2.27. The van der Waals surface area contributed by atoms with E-state index in [0.717, 1.165) is 20.3 Å². The second-order valence-corrected chi connectivity index (χ2v) is 9.16. The summed E-state index contributed by atoms with van der Waals surface area (Å²) in [4.78, 5) is 30.7. The third-order valence-corrected chi connectivity index (χ3v) is 6.46. The zero-order valence-electron chi connectivity index (χ0n) is 17.1. The van der Waals surface area contributed by atoms with E-state index in [9.17, 15) is 9.59 Å². The first-order valence-electron chi connectivity index (χ1n) is 10.1. The summed E-state index contributed by atoms with van der Waals surface area (Å²) in [5.41, 5.74) is 2.14. The number of hydrazone groups is 1. The van der Waals surface area contributed by atoms with Crippen LogP contribution >= 0.6 is 27.3 Å². The summed E-state index contributed by atoms with van der Waals surface area (Å²) in [5, 5.41) is 6.50. The molecule has 5 aromatic rings. The third-order valence-electron chi connectivity index (χ3n) is 4.97. The van der Waals surface area contributed by atoms with E-state index in [-0.39, 0.29) is 23.3 Å². The number of aromatic nitrogens is 1. The second-order valence-electron chi connectivity index (χ2n) is 7.24. The zero-order chi connectivity index (χ0) is 22.8. The number of halogens is 1. The smallest absolute Gasteiger partial charge is 0.253 e. The highest BCUT2D eigenvalue weighted by Gasteiger charge is 2.20. The summed E-state index contributed by atoms with van der Waals surface area (Å²) in [5.74, 6) is -0.263. The van der Waals surface area contributed by atoms with Crippen LogP contribution in [0.4, 0.5) is 5.13 Å². The molecule has 0 atom stereocenters. The molecule has 0 saturated carbocycles. The zero-order valence-corrected chi connectivity index (χ0v) is 19.5. The minimum atomic E-state index is -0.263. The molecule has 6 nitrogen and oxygen atoms in total. The van der Waals surface area contributed by atoms with Crippen molar-refractivity contribution in [3.8, 4) is 0 Å². The molecule has 0 bridgehead atoms. The third kappa shape index (κ3) is 4.48. The fourth-order valence-corrected chi connectivity index (χ4v) is 4.84. The molecule has 0 aliphatic rings. The van der Waals surface area contributed by atoms with Gasteiger partial charge in [-0.2, -0.15) is 10.1 Å². The van der Waals surface area contributed by atoms with Crippen molar-refractivity contribution in [2.24, 2.45) is 5.10 Å². The van der Waals surface area contributed by atoms with Crippen LogP contribution in [0.1, 0.15) is 11.1 Å². The Morgan fingerprint density at radius 2 is 1.88 bits per heavy atom. The van der Waals surface area contributed by atoms with Crippen molar-refractivity contribution in [2.45, 2.75) is 6.42 Å². The maximum Gasteiger partial charge on any atom is 0.253 e. The maximum absolute atomic E-state index is 13.2. The second kappa shape index (κ2) is 9.09. The molecule has 0 aliphatic heterocycles. The van der Waals surface area contributed by atoms with Gasteiger partial charge in [0, 0.05) is 4.47 Å². The first-order valence-corrected chi connectivity index (χ1v) is 11.7. The molecule has 3 aromatic carbocycles. The topological polar surface area (TPSA) is 75.8 Å². The lowest BCUT2D eigenvalue weighted by molar-refractivity contribution is -0.118. The molecule has 0 fully saturated rings. The molecule has 33 heavy (non-hydrogen) atoms. The number of hydrogen-bond donors (Lipinski definition) is 0. The molecule has 0 aliphatic carbocycles. The van der Waals surface area contributed by atoms with Crippen LogP contribution in [0.15, 0.2) is 97.8 Å². The van der Waals surface area contributed by atoms with Crippen molar-refractivity contribution in [1.29, 1.82) is 0 Å². The van der Waals surface area contributed by atoms with Crippen LogP contribution < -0.4 is 10.4 Å². The summed E-state index contributed by atoms with van der Waals surface area (Å²) in [6.07, 6.45) is 2.84. The highest BCUT2D eigenvalue weighted by molar-refractivity contribution is 9.10. The fraction of sp³-hybridized carbons (Fsp3) is 0.0400. The Bertz CT molecular complexity index is 1560. The van der Waals surface area contributed by atoms with Crippen molar-refractivity contribution < 1.29 is 9.21 Å². The predicted octanol–water partition coefficient (Wildman–Crippen LogP) is 5.78. The van der Waals surface area contributed by atoms with E-state index >= 15 is 0 Å². The molecule has 5 rings (SSSR count). The van der Waals surface area contributed by atoms with E-state index in [1.165, 1.54) is 28.8 Å². The summed E-state index contributed by atoms with van der Waals surface area (Å²) >= 11 is 4.81. The van der Waals surface area contributed by atoms with Crippen LogP contribution in [0.2, 0.25) is 0 Å². The minimum Gasteiger partial charge on any atom is -0.463 e. The Hall–Kier alpha value is -3.62. The average Bonchev–Trinajstić information content (AvgIpc) is 3.24. The minimum absolute atomic E-state index is 0.143. The summed E-state index contributed by atoms with van der Waals surface area (Å²) < 4.78 is 7.40. The van der Waals surface area contributed by atoms with E-state index in [2.05, 4.69) is 26.0 Å². The molecule has 0 N–H and O–H groups in total. The molecule has 0 saturated heterocycles. The van der Waals surface area contributed by atoms with Gasteiger partial charge in [-0.05, 0) is 35.9 Å². The van der Waals surface area contributed by atoms with Crippen molar-refractivity contribution in [1.82, 2.24) is 4.98 Å². The molecule has 8 heteroatoms. The van der Waals surface area contributed by atoms with Gasteiger partial charge in [0.15, 0.2) is 0 Å². The van der Waals surface area contributed by atoms with Gasteiger partial charge in [0.2, 0.25) is 10.6 Å². The first kappa shape index (κ1) is 21.2. The van der Waals surface area contributed by atoms with Gasteiger partial charge in [-0.1, -0.05) is 69.7 Å². The molecule has 1 amide bonds. The standard InChI is InChI=1S/C25H16BrN3O3S/c26-18-10-11-20-22(13-18)33-25(28-20)29(23(30)12-16-6-2-1-3-7-16)27-14-17-15-32-21-9-5-4-8-19(21)24(17)31/h1-11,13-15H,12H2/b27-14+. The number of para-hydroxylation sites is 1. The number of rotatable bonds is 5. The van der Waals surface area contributed by atoms with E-state index < -0.39 is 0 Å². The highest BCUT2D eigenvalue weighted by Crippen LogP contribution is 2.31. The molecule has 162 valence electrons. The Morgan fingerprint density at radius 1 is 1.09 bits per heavy atom. The predicted molar refractivity (Wildman–Crippen MR) is 135 cm³/mol. The summed E-state index contributed by atoms with van der Waals surface area (Å²) in [6.45, 7) is 0. The average molecular weight is 518 g/mol. The SMILES string of the molecule is O=C(Cc1ccccc1)N(/N=C/c1coc2ccccc2c1=O)c1nc2ccc(Br)cc2s1. The van der Waals surface area contributed by atoms with Crippen LogP contribution in [-0.2, 0) is 11.2 Å². The molecular weight excluding hydrogens is 502 g/mol. The number of thiazole rings is 1. The van der Waals surface area contributed by atoms with Crippen molar-refractivity contribution in [3.63, 3.8) is 0 Å². The van der Waals surface area contributed by atoms with Gasteiger partial charge in [0.05, 0.1) is 33.8 Å². The Morgan fingerprint density at radius 3 is 2.73 bits per heavy atom.